The van der Waals surface area contributed by atoms with Crippen LogP contribution in [0.3, 0.4) is 0 Å². The number of anilines is 1. The van der Waals surface area contributed by atoms with Crippen molar-refractivity contribution in [2.75, 3.05) is 5.73 Å². The molecule has 10 nitrogen and oxygen atoms in total. The summed E-state index contributed by atoms with van der Waals surface area (Å²) in [5.74, 6) is -1.87. The first-order valence-electron chi connectivity index (χ1n) is 10.6. The van der Waals surface area contributed by atoms with Crippen LogP contribution in [0.15, 0.2) is 10.5 Å². The number of nitrogens with zero attached hydrogens (tertiary/aromatic N) is 3. The number of oxime groups is 1. The standard InChI is InChI=1S/C20H27N5O5S2.Na/c1-9-5-4-6-10(7-9)30-24-12(11-8-31-19(21)22-11)15(26)23-13-16(27)25-14(18(28)29)20(2,3)32-17(13)25;/h8-10,13-14,17H,4-7H2,1-3H3,(H2,21,22)(H,23,26)(H,28,29);/q;+1/p-1/b24-12-;/t9-,10+,13-,14-,17+;/m0./s1. The number of nitrogens with one attached hydrogen (secondary N) is 1. The van der Waals surface area contributed by atoms with Crippen LogP contribution in [0.1, 0.15) is 52.1 Å². The van der Waals surface area contributed by atoms with E-state index in [9.17, 15) is 19.5 Å². The molecule has 1 aromatic rings. The molecule has 1 aliphatic carbocycles. The molecule has 2 aliphatic heterocycles. The Morgan fingerprint density at radius 2 is 2.12 bits per heavy atom. The summed E-state index contributed by atoms with van der Waals surface area (Å²) in [7, 11) is 0. The number of carboxylic acids is 1. The zero-order valence-corrected chi connectivity index (χ0v) is 22.7. The molecule has 3 heterocycles. The summed E-state index contributed by atoms with van der Waals surface area (Å²) in [6.45, 7) is 5.64. The third kappa shape index (κ3) is 5.19. The third-order valence-corrected chi connectivity index (χ3v) is 8.36. The molecule has 3 aliphatic rings. The average Bonchev–Trinajstić information content (AvgIpc) is 3.25. The zero-order valence-electron chi connectivity index (χ0n) is 19.1. The molecule has 0 spiro atoms. The van der Waals surface area contributed by atoms with Crippen LogP contribution in [0.5, 0.6) is 0 Å². The van der Waals surface area contributed by atoms with Crippen molar-refractivity contribution >= 4 is 51.7 Å². The summed E-state index contributed by atoms with van der Waals surface area (Å²) in [6, 6.07) is -1.92. The number of aromatic nitrogens is 1. The van der Waals surface area contributed by atoms with Crippen molar-refractivity contribution in [2.24, 2.45) is 11.1 Å². The molecule has 4 rings (SSSR count). The maximum Gasteiger partial charge on any atom is 1.00 e. The summed E-state index contributed by atoms with van der Waals surface area (Å²) < 4.78 is -0.736. The molecule has 5 atom stereocenters. The topological polar surface area (TPSA) is 150 Å². The molecule has 3 fully saturated rings. The van der Waals surface area contributed by atoms with E-state index < -0.39 is 40.0 Å². The van der Waals surface area contributed by atoms with E-state index in [1.54, 1.807) is 19.2 Å². The van der Waals surface area contributed by atoms with Gasteiger partial charge in [-0.25, -0.2) is 4.98 Å². The van der Waals surface area contributed by atoms with Crippen molar-refractivity contribution in [1.82, 2.24) is 15.2 Å². The summed E-state index contributed by atoms with van der Waals surface area (Å²) in [5.41, 5.74) is 5.95. The van der Waals surface area contributed by atoms with Gasteiger partial charge in [0.2, 0.25) is 5.91 Å². The van der Waals surface area contributed by atoms with Gasteiger partial charge in [0, 0.05) is 10.1 Å². The molecule has 0 unspecified atom stereocenters. The van der Waals surface area contributed by atoms with Crippen LogP contribution in [-0.2, 0) is 19.2 Å². The van der Waals surface area contributed by atoms with Crippen LogP contribution in [0.25, 0.3) is 0 Å². The van der Waals surface area contributed by atoms with E-state index in [2.05, 4.69) is 22.4 Å². The fourth-order valence-corrected chi connectivity index (χ4v) is 6.71. The number of carboxylic acid groups (broad SMARTS) is 1. The van der Waals surface area contributed by atoms with E-state index in [0.29, 0.717) is 5.92 Å². The van der Waals surface area contributed by atoms with Crippen LogP contribution >= 0.6 is 23.1 Å². The predicted octanol–water partition coefficient (Wildman–Crippen LogP) is -2.67. The SMILES string of the molecule is C[C@H]1CCC[C@@H](O/N=C(\C(=O)N[C@H]2C(=O)N3[C@@H]2SC(C)(C)[C@@H]3C(=O)[O-])c2csc(N)n2)C1.[Na+]. The van der Waals surface area contributed by atoms with Crippen molar-refractivity contribution in [1.29, 1.82) is 0 Å². The van der Waals surface area contributed by atoms with Crippen molar-refractivity contribution in [3.05, 3.63) is 11.1 Å². The number of nitrogens with two attached hydrogens (primary N) is 1. The number of amides is 2. The fourth-order valence-electron chi connectivity index (χ4n) is 4.54. The predicted molar refractivity (Wildman–Crippen MR) is 119 cm³/mol. The molecule has 0 aromatic carbocycles. The number of β-lactam (4-membered cyclic amide) rings is 1. The number of aliphatic carboxylic acids is 1. The molecule has 13 heteroatoms. The van der Waals surface area contributed by atoms with E-state index in [4.69, 9.17) is 10.6 Å². The number of hydrogen-bond donors (Lipinski definition) is 2. The second-order valence-electron chi connectivity index (χ2n) is 9.04. The van der Waals surface area contributed by atoms with E-state index in [1.165, 1.54) is 28.0 Å². The van der Waals surface area contributed by atoms with Gasteiger partial charge < -0.3 is 30.7 Å². The third-order valence-electron chi connectivity index (χ3n) is 6.11. The van der Waals surface area contributed by atoms with Gasteiger partial charge in [-0.2, -0.15) is 0 Å². The molecule has 2 amide bonds. The molecule has 0 bridgehead atoms. The van der Waals surface area contributed by atoms with Gasteiger partial charge in [0.25, 0.3) is 5.91 Å². The number of thioether (sulfide) groups is 1. The van der Waals surface area contributed by atoms with Gasteiger partial charge in [0.15, 0.2) is 10.8 Å². The number of thiazole rings is 1. The molecule has 2 saturated heterocycles. The average molecular weight is 504 g/mol. The maximum absolute atomic E-state index is 13.1. The monoisotopic (exact) mass is 503 g/mol. The van der Waals surface area contributed by atoms with Gasteiger partial charge in [-0.1, -0.05) is 18.5 Å². The van der Waals surface area contributed by atoms with E-state index in [-0.39, 0.29) is 52.2 Å². The Morgan fingerprint density at radius 1 is 1.39 bits per heavy atom. The van der Waals surface area contributed by atoms with Crippen LogP contribution in [0.2, 0.25) is 0 Å². The van der Waals surface area contributed by atoms with Crippen LogP contribution in [0, 0.1) is 5.92 Å². The van der Waals surface area contributed by atoms with Crippen LogP contribution in [-0.4, -0.2) is 61.7 Å². The van der Waals surface area contributed by atoms with Crippen molar-refractivity contribution in [3.63, 3.8) is 0 Å². The first kappa shape index (κ1) is 26.3. The summed E-state index contributed by atoms with van der Waals surface area (Å²) in [5, 5.41) is 19.8. The number of fused-ring (bicyclic) bond motifs is 1. The van der Waals surface area contributed by atoms with Gasteiger partial charge in [0.1, 0.15) is 23.2 Å². The molecule has 0 radical (unpaired) electrons. The Kier molecular flexibility index (Phi) is 8.04. The van der Waals surface area contributed by atoms with E-state index in [1.807, 2.05) is 0 Å². The Bertz CT molecular complexity index is 970. The number of nitrogen functional groups attached to an aromatic ring is 1. The second-order valence-corrected chi connectivity index (χ2v) is 11.7. The number of hydrogen-bond acceptors (Lipinski definition) is 10. The van der Waals surface area contributed by atoms with Crippen LogP contribution < -0.4 is 45.7 Å². The quantitative estimate of drug-likeness (QED) is 0.185. The van der Waals surface area contributed by atoms with Gasteiger partial charge in [0.05, 0.1) is 12.0 Å². The summed E-state index contributed by atoms with van der Waals surface area (Å²) >= 11 is 2.49. The minimum atomic E-state index is -1.31. The smallest absolute Gasteiger partial charge is 0.548 e. The van der Waals surface area contributed by atoms with Crippen molar-refractivity contribution in [3.8, 4) is 0 Å². The largest absolute Gasteiger partial charge is 1.00 e. The van der Waals surface area contributed by atoms with Gasteiger partial charge in [-0.15, -0.1) is 23.1 Å². The Labute approximate surface area is 222 Å². The Morgan fingerprint density at radius 3 is 2.73 bits per heavy atom. The maximum atomic E-state index is 13.1. The first-order chi connectivity index (χ1) is 15.1. The fraction of sp³-hybridized carbons (Fsp3) is 0.650. The van der Waals surface area contributed by atoms with Crippen LogP contribution in [0.4, 0.5) is 5.13 Å². The Balaban J connectivity index is 0.00000306. The molecule has 1 saturated carbocycles. The molecular weight excluding hydrogens is 477 g/mol. The normalized spacial score (nSPS) is 30.6. The number of carbonyl (C=O) groups excluding carboxylic acids is 3. The number of carbonyl (C=O) groups is 3. The minimum absolute atomic E-state index is 0. The number of rotatable bonds is 6. The van der Waals surface area contributed by atoms with Gasteiger partial charge in [-0.05, 0) is 39.0 Å². The first-order valence-corrected chi connectivity index (χ1v) is 12.3. The molecule has 174 valence electrons. The zero-order chi connectivity index (χ0) is 23.2. The minimum Gasteiger partial charge on any atom is -0.548 e. The molecule has 1 aromatic heterocycles. The van der Waals surface area contributed by atoms with Crippen molar-refractivity contribution in [2.45, 2.75) is 74.8 Å². The van der Waals surface area contributed by atoms with Crippen molar-refractivity contribution < 1.29 is 53.9 Å². The van der Waals surface area contributed by atoms with Gasteiger partial charge >= 0.3 is 29.6 Å². The van der Waals surface area contributed by atoms with E-state index >= 15 is 0 Å². The van der Waals surface area contributed by atoms with Gasteiger partial charge in [-0.3, -0.25) is 9.59 Å². The molecular formula is C20H26N5NaO5S2. The second kappa shape index (κ2) is 10.1. The van der Waals surface area contributed by atoms with E-state index in [0.717, 1.165) is 25.7 Å². The summed E-state index contributed by atoms with van der Waals surface area (Å²) in [4.78, 5) is 48.5. The molecule has 33 heavy (non-hydrogen) atoms. The molecule has 3 N–H and O–H groups in total. The Hall–Kier alpha value is -1.34. The summed E-state index contributed by atoms with van der Waals surface area (Å²) in [6.07, 6.45) is 3.80.